The summed E-state index contributed by atoms with van der Waals surface area (Å²) >= 11 is 6.09. The van der Waals surface area contributed by atoms with Crippen molar-refractivity contribution in [3.63, 3.8) is 0 Å². The van der Waals surface area contributed by atoms with Crippen LogP contribution in [-0.2, 0) is 9.53 Å². The smallest absolute Gasteiger partial charge is 0.340 e. The Morgan fingerprint density at radius 2 is 1.92 bits per heavy atom. The van der Waals surface area contributed by atoms with Crippen LogP contribution >= 0.6 is 11.6 Å². The number of likely N-dealkylation sites (N-methyl/N-ethyl adjacent to an activating group) is 1. The van der Waals surface area contributed by atoms with E-state index in [0.717, 1.165) is 42.5 Å². The van der Waals surface area contributed by atoms with Gasteiger partial charge in [-0.15, -0.1) is 0 Å². The first-order valence-electron chi connectivity index (χ1n) is 8.95. The Labute approximate surface area is 153 Å². The molecular formula is C19H26ClN2O3+. The van der Waals surface area contributed by atoms with E-state index in [0.29, 0.717) is 16.3 Å². The third kappa shape index (κ3) is 2.93. The molecular weight excluding hydrogens is 340 g/mol. The van der Waals surface area contributed by atoms with Gasteiger partial charge in [-0.3, -0.25) is 4.79 Å². The zero-order valence-corrected chi connectivity index (χ0v) is 15.9. The SMILES string of the molecule is CC[N+]1(C2(C(=O)Nc3c(C)cc(Cl)cc3C(=O)OC)CC2)CCCC1. The maximum Gasteiger partial charge on any atom is 0.340 e. The van der Waals surface area contributed by atoms with Crippen LogP contribution in [0.5, 0.6) is 0 Å². The van der Waals surface area contributed by atoms with E-state index >= 15 is 0 Å². The van der Waals surface area contributed by atoms with E-state index in [2.05, 4.69) is 12.2 Å². The highest BCUT2D eigenvalue weighted by molar-refractivity contribution is 6.31. The zero-order valence-electron chi connectivity index (χ0n) is 15.2. The van der Waals surface area contributed by atoms with Gasteiger partial charge in [0, 0.05) is 30.7 Å². The van der Waals surface area contributed by atoms with Crippen LogP contribution in [0.4, 0.5) is 5.69 Å². The van der Waals surface area contributed by atoms with Gasteiger partial charge in [0.15, 0.2) is 5.54 Å². The number of benzene rings is 1. The monoisotopic (exact) mass is 365 g/mol. The third-order valence-corrected chi connectivity index (χ3v) is 6.24. The number of nitrogens with zero attached hydrogens (tertiary/aromatic N) is 1. The number of halogens is 1. The van der Waals surface area contributed by atoms with E-state index in [9.17, 15) is 9.59 Å². The number of carbonyl (C=O) groups is 2. The van der Waals surface area contributed by atoms with Crippen molar-refractivity contribution in [3.05, 3.63) is 28.3 Å². The van der Waals surface area contributed by atoms with Crippen LogP contribution in [0.15, 0.2) is 12.1 Å². The van der Waals surface area contributed by atoms with E-state index in [1.807, 2.05) is 6.92 Å². The second-order valence-electron chi connectivity index (χ2n) is 7.24. The minimum Gasteiger partial charge on any atom is -0.465 e. The van der Waals surface area contributed by atoms with Gasteiger partial charge >= 0.3 is 5.97 Å². The standard InChI is InChI=1S/C19H25ClN2O3/c1-4-22(9-5-6-10-22)19(7-8-19)18(24)21-16-13(2)11-14(20)12-15(16)17(23)25-3/h11-12H,4-10H2,1-3H3/p+1. The largest absolute Gasteiger partial charge is 0.465 e. The molecule has 1 aliphatic heterocycles. The lowest BCUT2D eigenvalue weighted by molar-refractivity contribution is -0.940. The summed E-state index contributed by atoms with van der Waals surface area (Å²) in [5.41, 5.74) is 1.24. The number of methoxy groups -OCH3 is 1. The molecule has 2 fully saturated rings. The first kappa shape index (κ1) is 18.2. The van der Waals surface area contributed by atoms with Crippen LogP contribution < -0.4 is 5.32 Å². The number of amides is 1. The molecule has 0 atom stereocenters. The van der Waals surface area contributed by atoms with Crippen molar-refractivity contribution in [3.8, 4) is 0 Å². The van der Waals surface area contributed by atoms with E-state index in [4.69, 9.17) is 16.3 Å². The molecule has 1 aromatic carbocycles. The van der Waals surface area contributed by atoms with Crippen LogP contribution in [-0.4, -0.2) is 48.6 Å². The molecule has 1 heterocycles. The number of nitrogens with one attached hydrogen (secondary N) is 1. The molecule has 2 aliphatic rings. The van der Waals surface area contributed by atoms with E-state index in [1.54, 1.807) is 12.1 Å². The molecule has 0 bridgehead atoms. The van der Waals surface area contributed by atoms with E-state index in [-0.39, 0.29) is 11.4 Å². The lowest BCUT2D eigenvalue weighted by Crippen LogP contribution is -2.60. The number of ether oxygens (including phenoxy) is 1. The number of likely N-dealkylation sites (tertiary alicyclic amines) is 1. The molecule has 136 valence electrons. The van der Waals surface area contributed by atoms with Crippen molar-refractivity contribution in [1.82, 2.24) is 0 Å². The van der Waals surface area contributed by atoms with Gasteiger partial charge in [-0.2, -0.15) is 0 Å². The fourth-order valence-corrected chi connectivity index (χ4v) is 4.71. The summed E-state index contributed by atoms with van der Waals surface area (Å²) in [5, 5.41) is 3.50. The highest BCUT2D eigenvalue weighted by atomic mass is 35.5. The van der Waals surface area contributed by atoms with Gasteiger partial charge in [0.2, 0.25) is 0 Å². The highest BCUT2D eigenvalue weighted by Crippen LogP contribution is 2.50. The maximum absolute atomic E-state index is 13.2. The lowest BCUT2D eigenvalue weighted by atomic mass is 10.1. The molecule has 1 amide bonds. The van der Waals surface area contributed by atoms with E-state index < -0.39 is 5.97 Å². The average molecular weight is 366 g/mol. The van der Waals surface area contributed by atoms with Gasteiger partial charge in [-0.1, -0.05) is 11.6 Å². The predicted molar refractivity (Wildman–Crippen MR) is 97.9 cm³/mol. The summed E-state index contributed by atoms with van der Waals surface area (Å²) in [6, 6.07) is 3.30. The molecule has 0 aromatic heterocycles. The topological polar surface area (TPSA) is 55.4 Å². The van der Waals surface area contributed by atoms with Crippen LogP contribution in [0, 0.1) is 6.92 Å². The van der Waals surface area contributed by atoms with Crippen LogP contribution in [0.25, 0.3) is 0 Å². The Morgan fingerprint density at radius 3 is 2.44 bits per heavy atom. The Hall–Kier alpha value is -1.59. The Morgan fingerprint density at radius 1 is 1.28 bits per heavy atom. The third-order valence-electron chi connectivity index (χ3n) is 6.03. The second kappa shape index (κ2) is 6.61. The Balaban J connectivity index is 1.93. The summed E-state index contributed by atoms with van der Waals surface area (Å²) in [5.74, 6) is -0.474. The van der Waals surface area contributed by atoms with Crippen molar-refractivity contribution in [2.75, 3.05) is 32.1 Å². The molecule has 1 aromatic rings. The molecule has 0 unspecified atom stereocenters. The zero-order chi connectivity index (χ0) is 18.2. The summed E-state index contributed by atoms with van der Waals surface area (Å²) < 4.78 is 5.73. The maximum atomic E-state index is 13.2. The highest BCUT2D eigenvalue weighted by Gasteiger charge is 2.65. The van der Waals surface area contributed by atoms with Crippen LogP contribution in [0.1, 0.15) is 48.5 Å². The molecule has 0 spiro atoms. The molecule has 5 nitrogen and oxygen atoms in total. The number of rotatable bonds is 5. The fraction of sp³-hybridized carbons (Fsp3) is 0.579. The van der Waals surface area contributed by atoms with Crippen molar-refractivity contribution in [2.45, 2.75) is 45.1 Å². The number of esters is 1. The molecule has 6 heteroatoms. The van der Waals surface area contributed by atoms with Gasteiger partial charge in [0.25, 0.3) is 5.91 Å². The number of anilines is 1. The predicted octanol–water partition coefficient (Wildman–Crippen LogP) is 3.54. The number of hydrogen-bond acceptors (Lipinski definition) is 3. The van der Waals surface area contributed by atoms with Crippen molar-refractivity contribution in [1.29, 1.82) is 0 Å². The molecule has 1 aliphatic carbocycles. The summed E-state index contributed by atoms with van der Waals surface area (Å²) in [7, 11) is 1.33. The minimum atomic E-state index is -0.494. The number of aryl methyl sites for hydroxylation is 1. The number of carbonyl (C=O) groups excluding carboxylic acids is 2. The molecule has 0 radical (unpaired) electrons. The lowest BCUT2D eigenvalue weighted by Gasteiger charge is -2.40. The van der Waals surface area contributed by atoms with Crippen LogP contribution in [0.2, 0.25) is 5.02 Å². The van der Waals surface area contributed by atoms with E-state index in [1.165, 1.54) is 20.0 Å². The van der Waals surface area contributed by atoms with Crippen molar-refractivity contribution in [2.24, 2.45) is 0 Å². The molecule has 1 saturated heterocycles. The second-order valence-corrected chi connectivity index (χ2v) is 7.67. The van der Waals surface area contributed by atoms with Gasteiger partial charge in [-0.25, -0.2) is 4.79 Å². The normalized spacial score (nSPS) is 20.2. The molecule has 3 rings (SSSR count). The van der Waals surface area contributed by atoms with Gasteiger partial charge in [-0.05, 0) is 31.5 Å². The fourth-order valence-electron chi connectivity index (χ4n) is 4.43. The summed E-state index contributed by atoms with van der Waals surface area (Å²) in [6.45, 7) is 7.11. The van der Waals surface area contributed by atoms with Crippen molar-refractivity contribution < 1.29 is 18.8 Å². The average Bonchev–Trinajstić information content (AvgIpc) is 3.28. The first-order valence-corrected chi connectivity index (χ1v) is 9.33. The molecule has 1 N–H and O–H groups in total. The molecule has 1 saturated carbocycles. The number of hydrogen-bond donors (Lipinski definition) is 1. The first-order chi connectivity index (χ1) is 11.9. The number of quaternary nitrogens is 1. The quantitative estimate of drug-likeness (QED) is 0.641. The Bertz CT molecular complexity index is 707. The summed E-state index contributed by atoms with van der Waals surface area (Å²) in [6.07, 6.45) is 4.17. The minimum absolute atomic E-state index is 0.0202. The summed E-state index contributed by atoms with van der Waals surface area (Å²) in [4.78, 5) is 25.4. The van der Waals surface area contributed by atoms with Crippen molar-refractivity contribution >= 4 is 29.2 Å². The van der Waals surface area contributed by atoms with Gasteiger partial charge in [0.05, 0.1) is 38.0 Å². The van der Waals surface area contributed by atoms with Gasteiger partial charge in [0.1, 0.15) is 0 Å². The van der Waals surface area contributed by atoms with Crippen LogP contribution in [0.3, 0.4) is 0 Å². The molecule has 25 heavy (non-hydrogen) atoms. The van der Waals surface area contributed by atoms with Gasteiger partial charge < -0.3 is 14.5 Å². The Kier molecular flexibility index (Phi) is 4.82.